The Hall–Kier alpha value is -2.73. The Bertz CT molecular complexity index is 734. The summed E-state index contributed by atoms with van der Waals surface area (Å²) in [6.45, 7) is 0.606. The molecule has 24 heavy (non-hydrogen) atoms. The van der Waals surface area contributed by atoms with Crippen LogP contribution in [0.4, 0.5) is 10.1 Å². The van der Waals surface area contributed by atoms with Crippen molar-refractivity contribution in [3.05, 3.63) is 66.0 Å². The van der Waals surface area contributed by atoms with E-state index in [1.165, 1.54) is 29.2 Å². The molecule has 1 unspecified atom stereocenters. The Morgan fingerprint density at radius 3 is 2.33 bits per heavy atom. The molecule has 6 heteroatoms. The van der Waals surface area contributed by atoms with E-state index in [9.17, 15) is 19.1 Å². The highest BCUT2D eigenvalue weighted by atomic mass is 19.1. The molecular weight excluding hydrogens is 311 g/mol. The van der Waals surface area contributed by atoms with Crippen LogP contribution in [0.15, 0.2) is 54.6 Å². The first kappa shape index (κ1) is 16.1. The van der Waals surface area contributed by atoms with Gasteiger partial charge >= 0.3 is 0 Å². The molecule has 0 bridgehead atoms. The second kappa shape index (κ2) is 6.80. The largest absolute Gasteiger partial charge is 0.378 e. The molecule has 1 saturated heterocycles. The predicted molar refractivity (Wildman–Crippen MR) is 86.7 cm³/mol. The number of rotatable bonds is 3. The molecule has 0 saturated carbocycles. The third-order valence-electron chi connectivity index (χ3n) is 4.02. The van der Waals surface area contributed by atoms with Crippen LogP contribution in [0.5, 0.6) is 0 Å². The molecule has 5 nitrogen and oxygen atoms in total. The molecular formula is C18H17FN2O3. The average molecular weight is 328 g/mol. The average Bonchev–Trinajstić information content (AvgIpc) is 2.62. The zero-order chi connectivity index (χ0) is 17.1. The Morgan fingerprint density at radius 1 is 1.04 bits per heavy atom. The van der Waals surface area contributed by atoms with Crippen LogP contribution < -0.4 is 4.90 Å². The van der Waals surface area contributed by atoms with Gasteiger partial charge in [-0.2, -0.15) is 0 Å². The van der Waals surface area contributed by atoms with Crippen molar-refractivity contribution in [2.24, 2.45) is 0 Å². The lowest BCUT2D eigenvalue weighted by Crippen LogP contribution is -2.53. The molecule has 1 fully saturated rings. The van der Waals surface area contributed by atoms with Crippen LogP contribution in [0, 0.1) is 5.82 Å². The first-order valence-electron chi connectivity index (χ1n) is 7.64. The van der Waals surface area contributed by atoms with E-state index in [-0.39, 0.29) is 12.5 Å². The fourth-order valence-electron chi connectivity index (χ4n) is 2.70. The van der Waals surface area contributed by atoms with Gasteiger partial charge in [0.2, 0.25) is 5.91 Å². The normalized spacial score (nSPS) is 16.2. The smallest absolute Gasteiger partial charge is 0.256 e. The minimum Gasteiger partial charge on any atom is -0.378 e. The number of aliphatic hydroxyl groups is 1. The van der Waals surface area contributed by atoms with Crippen LogP contribution in [-0.4, -0.2) is 41.5 Å². The number of piperazine rings is 1. The van der Waals surface area contributed by atoms with Crippen molar-refractivity contribution in [2.45, 2.75) is 6.10 Å². The summed E-state index contributed by atoms with van der Waals surface area (Å²) in [4.78, 5) is 27.6. The van der Waals surface area contributed by atoms with Crippen molar-refractivity contribution in [1.29, 1.82) is 0 Å². The zero-order valence-electron chi connectivity index (χ0n) is 12.9. The highest BCUT2D eigenvalue weighted by molar-refractivity contribution is 5.98. The van der Waals surface area contributed by atoms with Crippen LogP contribution in [0.3, 0.4) is 0 Å². The number of carbonyl (C=O) groups excluding carboxylic acids is 2. The minimum absolute atomic E-state index is 0.0913. The van der Waals surface area contributed by atoms with E-state index >= 15 is 0 Å². The lowest BCUT2D eigenvalue weighted by Gasteiger charge is -2.35. The summed E-state index contributed by atoms with van der Waals surface area (Å²) in [5.41, 5.74) is 1.09. The zero-order valence-corrected chi connectivity index (χ0v) is 12.9. The Kier molecular flexibility index (Phi) is 4.57. The molecule has 1 heterocycles. The van der Waals surface area contributed by atoms with Gasteiger partial charge in [0.15, 0.2) is 6.10 Å². The van der Waals surface area contributed by atoms with Crippen molar-refractivity contribution in [2.75, 3.05) is 24.5 Å². The van der Waals surface area contributed by atoms with Crippen LogP contribution in [0.1, 0.15) is 11.7 Å². The Morgan fingerprint density at radius 2 is 1.71 bits per heavy atom. The fraction of sp³-hybridized carbons (Fsp3) is 0.222. The van der Waals surface area contributed by atoms with Crippen molar-refractivity contribution in [1.82, 2.24) is 4.90 Å². The topological polar surface area (TPSA) is 60.9 Å². The van der Waals surface area contributed by atoms with Gasteiger partial charge in [-0.15, -0.1) is 0 Å². The number of aliphatic hydroxyl groups excluding tert-OH is 1. The number of carbonyl (C=O) groups is 2. The van der Waals surface area contributed by atoms with E-state index < -0.39 is 17.8 Å². The van der Waals surface area contributed by atoms with E-state index in [0.717, 1.165) is 5.69 Å². The maximum Gasteiger partial charge on any atom is 0.256 e. The first-order valence-corrected chi connectivity index (χ1v) is 7.64. The summed E-state index contributed by atoms with van der Waals surface area (Å²) >= 11 is 0. The van der Waals surface area contributed by atoms with Crippen LogP contribution >= 0.6 is 0 Å². The summed E-state index contributed by atoms with van der Waals surface area (Å²) in [5.74, 6) is -1.19. The molecule has 0 aliphatic carbocycles. The van der Waals surface area contributed by atoms with Gasteiger partial charge in [0.05, 0.1) is 0 Å². The van der Waals surface area contributed by atoms with Gasteiger partial charge < -0.3 is 14.9 Å². The van der Waals surface area contributed by atoms with Gasteiger partial charge in [0, 0.05) is 18.8 Å². The maximum absolute atomic E-state index is 12.9. The van der Waals surface area contributed by atoms with E-state index in [0.29, 0.717) is 18.7 Å². The molecule has 2 aromatic carbocycles. The van der Waals surface area contributed by atoms with Gasteiger partial charge in [-0.05, 0) is 29.8 Å². The van der Waals surface area contributed by atoms with Crippen LogP contribution in [0.2, 0.25) is 0 Å². The molecule has 1 aliphatic heterocycles. The summed E-state index contributed by atoms with van der Waals surface area (Å²) in [6, 6.07) is 14.3. The first-order chi connectivity index (χ1) is 11.6. The van der Waals surface area contributed by atoms with Gasteiger partial charge in [0.25, 0.3) is 5.91 Å². The van der Waals surface area contributed by atoms with Crippen molar-refractivity contribution < 1.29 is 19.1 Å². The standard InChI is InChI=1S/C18H17FN2O3/c19-14-8-6-13(7-9-14)17(23)18(24)20-10-11-21(16(22)12-20)15-4-2-1-3-5-15/h1-9,17,23H,10-12H2. The summed E-state index contributed by atoms with van der Waals surface area (Å²) < 4.78 is 12.9. The monoisotopic (exact) mass is 328 g/mol. The number of amides is 2. The number of hydrogen-bond donors (Lipinski definition) is 1. The van der Waals surface area contributed by atoms with Crippen molar-refractivity contribution in [3.8, 4) is 0 Å². The number of halogens is 1. The molecule has 1 aliphatic rings. The maximum atomic E-state index is 12.9. The second-order valence-corrected chi connectivity index (χ2v) is 5.59. The summed E-state index contributed by atoms with van der Waals surface area (Å²) in [5, 5.41) is 10.2. The van der Waals surface area contributed by atoms with E-state index in [1.807, 2.05) is 30.3 Å². The van der Waals surface area contributed by atoms with Gasteiger partial charge in [-0.1, -0.05) is 30.3 Å². The molecule has 124 valence electrons. The molecule has 0 radical (unpaired) electrons. The Balaban J connectivity index is 1.68. The molecule has 0 aromatic heterocycles. The number of benzene rings is 2. The van der Waals surface area contributed by atoms with E-state index in [2.05, 4.69) is 0 Å². The van der Waals surface area contributed by atoms with Gasteiger partial charge in [-0.3, -0.25) is 9.59 Å². The Labute approximate surface area is 138 Å². The van der Waals surface area contributed by atoms with Crippen LogP contribution in [0.25, 0.3) is 0 Å². The second-order valence-electron chi connectivity index (χ2n) is 5.59. The van der Waals surface area contributed by atoms with E-state index in [4.69, 9.17) is 0 Å². The molecule has 1 N–H and O–H groups in total. The number of para-hydroxylation sites is 1. The lowest BCUT2D eigenvalue weighted by molar-refractivity contribution is -0.144. The molecule has 0 spiro atoms. The predicted octanol–water partition coefficient (Wildman–Crippen LogP) is 1.73. The summed E-state index contributed by atoms with van der Waals surface area (Å²) in [7, 11) is 0. The fourth-order valence-corrected chi connectivity index (χ4v) is 2.70. The highest BCUT2D eigenvalue weighted by Crippen LogP contribution is 2.20. The molecule has 3 rings (SSSR count). The van der Waals surface area contributed by atoms with Crippen molar-refractivity contribution in [3.63, 3.8) is 0 Å². The number of anilines is 1. The van der Waals surface area contributed by atoms with Crippen LogP contribution in [-0.2, 0) is 9.59 Å². The molecule has 1 atom stereocenters. The van der Waals surface area contributed by atoms with Gasteiger partial charge in [0.1, 0.15) is 12.4 Å². The number of nitrogens with zero attached hydrogens (tertiary/aromatic N) is 2. The number of hydrogen-bond acceptors (Lipinski definition) is 3. The molecule has 2 aromatic rings. The highest BCUT2D eigenvalue weighted by Gasteiger charge is 2.31. The minimum atomic E-state index is -1.40. The molecule has 2 amide bonds. The third-order valence-corrected chi connectivity index (χ3v) is 4.02. The SMILES string of the molecule is O=C(C(O)c1ccc(F)cc1)N1CCN(c2ccccc2)C(=O)C1. The van der Waals surface area contributed by atoms with E-state index in [1.54, 1.807) is 4.90 Å². The third kappa shape index (κ3) is 3.28. The lowest BCUT2D eigenvalue weighted by atomic mass is 10.1. The summed E-state index contributed by atoms with van der Waals surface area (Å²) in [6.07, 6.45) is -1.40. The van der Waals surface area contributed by atoms with Crippen molar-refractivity contribution >= 4 is 17.5 Å². The van der Waals surface area contributed by atoms with Gasteiger partial charge in [-0.25, -0.2) is 4.39 Å². The quantitative estimate of drug-likeness (QED) is 0.933.